The Labute approximate surface area is 116 Å². The van der Waals surface area contributed by atoms with Gasteiger partial charge in [-0.2, -0.15) is 0 Å². The maximum Gasteiger partial charge on any atom is 0.328 e. The summed E-state index contributed by atoms with van der Waals surface area (Å²) in [5, 5.41) is 11.0. The second-order valence-corrected chi connectivity index (χ2v) is 4.19. The minimum atomic E-state index is -1.19. The first-order valence-electron chi connectivity index (χ1n) is 5.91. The molecular formula is C14H16N2O4. The number of carbonyl (C=O) groups is 3. The number of hydrogen-bond acceptors (Lipinski definition) is 3. The highest BCUT2D eigenvalue weighted by atomic mass is 16.4. The highest BCUT2D eigenvalue weighted by molar-refractivity contribution is 6.02. The van der Waals surface area contributed by atoms with E-state index in [2.05, 4.69) is 5.32 Å². The van der Waals surface area contributed by atoms with Crippen molar-refractivity contribution in [3.05, 3.63) is 42.0 Å². The Bertz CT molecular complexity index is 552. The van der Waals surface area contributed by atoms with Crippen molar-refractivity contribution in [2.24, 2.45) is 0 Å². The van der Waals surface area contributed by atoms with Gasteiger partial charge < -0.3 is 15.3 Å². The maximum absolute atomic E-state index is 11.5. The molecule has 0 saturated carbocycles. The molecular weight excluding hydrogens is 260 g/mol. The second kappa shape index (κ2) is 7.08. The van der Waals surface area contributed by atoms with E-state index < -0.39 is 11.9 Å². The molecule has 0 radical (unpaired) electrons. The summed E-state index contributed by atoms with van der Waals surface area (Å²) in [5.74, 6) is -1.81. The smallest absolute Gasteiger partial charge is 0.328 e. The van der Waals surface area contributed by atoms with Crippen LogP contribution < -0.4 is 5.32 Å². The maximum atomic E-state index is 11.5. The molecule has 0 atom stereocenters. The summed E-state index contributed by atoms with van der Waals surface area (Å²) < 4.78 is 0. The van der Waals surface area contributed by atoms with E-state index >= 15 is 0 Å². The average Bonchev–Trinajstić information content (AvgIpc) is 2.38. The molecule has 0 aliphatic rings. The molecule has 1 rings (SSSR count). The van der Waals surface area contributed by atoms with Crippen molar-refractivity contribution in [2.45, 2.75) is 13.5 Å². The van der Waals surface area contributed by atoms with E-state index in [1.807, 2.05) is 0 Å². The molecule has 0 spiro atoms. The Morgan fingerprint density at radius 1 is 1.25 bits per heavy atom. The van der Waals surface area contributed by atoms with Crippen molar-refractivity contribution >= 4 is 23.5 Å². The Hall–Kier alpha value is -2.63. The summed E-state index contributed by atoms with van der Waals surface area (Å²) in [6.07, 6.45) is 1.70. The van der Waals surface area contributed by atoms with E-state index in [0.29, 0.717) is 12.2 Å². The van der Waals surface area contributed by atoms with Crippen LogP contribution in [0.2, 0.25) is 0 Å². The molecule has 0 aromatic heterocycles. The third-order valence-corrected chi connectivity index (χ3v) is 2.60. The molecule has 1 aromatic rings. The zero-order chi connectivity index (χ0) is 15.1. The van der Waals surface area contributed by atoms with Gasteiger partial charge in [0.1, 0.15) is 0 Å². The SMILES string of the molecule is CC(=O)N(C)Cc1ccccc1NC(=O)/C=C/C(=O)O. The van der Waals surface area contributed by atoms with Crippen molar-refractivity contribution in [2.75, 3.05) is 12.4 Å². The highest BCUT2D eigenvalue weighted by Gasteiger charge is 2.08. The van der Waals surface area contributed by atoms with Crippen LogP contribution in [-0.2, 0) is 20.9 Å². The van der Waals surface area contributed by atoms with Crippen LogP contribution in [0.4, 0.5) is 5.69 Å². The van der Waals surface area contributed by atoms with Crippen LogP contribution in [0.1, 0.15) is 12.5 Å². The van der Waals surface area contributed by atoms with Gasteiger partial charge in [-0.1, -0.05) is 18.2 Å². The molecule has 106 valence electrons. The molecule has 2 N–H and O–H groups in total. The number of amides is 2. The van der Waals surface area contributed by atoms with E-state index in [4.69, 9.17) is 5.11 Å². The number of benzene rings is 1. The fraction of sp³-hybridized carbons (Fsp3) is 0.214. The summed E-state index contributed by atoms with van der Waals surface area (Å²) in [6.45, 7) is 1.81. The molecule has 2 amide bonds. The van der Waals surface area contributed by atoms with Gasteiger partial charge in [0, 0.05) is 38.4 Å². The third-order valence-electron chi connectivity index (χ3n) is 2.60. The van der Waals surface area contributed by atoms with Gasteiger partial charge in [0.05, 0.1) is 0 Å². The van der Waals surface area contributed by atoms with Gasteiger partial charge in [-0.15, -0.1) is 0 Å². The topological polar surface area (TPSA) is 86.7 Å². The normalized spacial score (nSPS) is 10.3. The summed E-state index contributed by atoms with van der Waals surface area (Å²) >= 11 is 0. The first kappa shape index (κ1) is 15.4. The van der Waals surface area contributed by atoms with Gasteiger partial charge in [0.15, 0.2) is 0 Å². The summed E-state index contributed by atoms with van der Waals surface area (Å²) in [4.78, 5) is 34.6. The highest BCUT2D eigenvalue weighted by Crippen LogP contribution is 2.16. The molecule has 0 saturated heterocycles. The lowest BCUT2D eigenvalue weighted by Crippen LogP contribution is -2.24. The van der Waals surface area contributed by atoms with Gasteiger partial charge >= 0.3 is 5.97 Å². The van der Waals surface area contributed by atoms with Gasteiger partial charge in [0.2, 0.25) is 11.8 Å². The minimum Gasteiger partial charge on any atom is -0.478 e. The van der Waals surface area contributed by atoms with Crippen molar-refractivity contribution in [1.29, 1.82) is 0 Å². The molecule has 0 unspecified atom stereocenters. The van der Waals surface area contributed by atoms with E-state index in [9.17, 15) is 14.4 Å². The van der Waals surface area contributed by atoms with Crippen LogP contribution in [0.15, 0.2) is 36.4 Å². The lowest BCUT2D eigenvalue weighted by molar-refractivity contribution is -0.131. The van der Waals surface area contributed by atoms with Crippen LogP contribution in [-0.4, -0.2) is 34.8 Å². The van der Waals surface area contributed by atoms with Crippen molar-refractivity contribution in [3.63, 3.8) is 0 Å². The first-order chi connectivity index (χ1) is 9.40. The van der Waals surface area contributed by atoms with Crippen LogP contribution in [0.5, 0.6) is 0 Å². The Kier molecular flexibility index (Phi) is 5.46. The Morgan fingerprint density at radius 3 is 2.50 bits per heavy atom. The van der Waals surface area contributed by atoms with Crippen LogP contribution in [0, 0.1) is 0 Å². The number of hydrogen-bond donors (Lipinski definition) is 2. The fourth-order valence-electron chi connectivity index (χ4n) is 1.47. The fourth-order valence-corrected chi connectivity index (χ4v) is 1.47. The molecule has 1 aromatic carbocycles. The Balaban J connectivity index is 2.82. The summed E-state index contributed by atoms with van der Waals surface area (Å²) in [6, 6.07) is 7.02. The number of carboxylic acid groups (broad SMARTS) is 1. The Morgan fingerprint density at radius 2 is 1.90 bits per heavy atom. The monoisotopic (exact) mass is 276 g/mol. The zero-order valence-corrected chi connectivity index (χ0v) is 11.3. The van der Waals surface area contributed by atoms with Crippen molar-refractivity contribution in [3.8, 4) is 0 Å². The summed E-state index contributed by atoms with van der Waals surface area (Å²) in [7, 11) is 1.66. The van der Waals surface area contributed by atoms with Crippen LogP contribution in [0.25, 0.3) is 0 Å². The van der Waals surface area contributed by atoms with Crippen LogP contribution in [0.3, 0.4) is 0 Å². The molecule has 20 heavy (non-hydrogen) atoms. The minimum absolute atomic E-state index is 0.0862. The van der Waals surface area contributed by atoms with E-state index in [-0.39, 0.29) is 5.91 Å². The van der Waals surface area contributed by atoms with Crippen LogP contribution >= 0.6 is 0 Å². The lowest BCUT2D eigenvalue weighted by atomic mass is 10.1. The quantitative estimate of drug-likeness (QED) is 0.792. The zero-order valence-electron chi connectivity index (χ0n) is 11.3. The molecule has 0 aliphatic carbocycles. The standard InChI is InChI=1S/C14H16N2O4/c1-10(17)16(2)9-11-5-3-4-6-12(11)15-13(18)7-8-14(19)20/h3-8H,9H2,1-2H3,(H,15,18)(H,19,20)/b8-7+. The molecule has 6 heteroatoms. The number of nitrogens with zero attached hydrogens (tertiary/aromatic N) is 1. The summed E-state index contributed by atoms with van der Waals surface area (Å²) in [5.41, 5.74) is 1.31. The van der Waals surface area contributed by atoms with E-state index in [1.165, 1.54) is 11.8 Å². The second-order valence-electron chi connectivity index (χ2n) is 4.19. The number of rotatable bonds is 5. The number of carbonyl (C=O) groups excluding carboxylic acids is 2. The number of carboxylic acids is 1. The number of nitrogens with one attached hydrogen (secondary N) is 1. The molecule has 0 fully saturated rings. The number of aliphatic carboxylic acids is 1. The van der Waals surface area contributed by atoms with Gasteiger partial charge in [0.25, 0.3) is 0 Å². The van der Waals surface area contributed by atoms with Crippen molar-refractivity contribution < 1.29 is 19.5 Å². The van der Waals surface area contributed by atoms with Gasteiger partial charge in [-0.3, -0.25) is 9.59 Å². The third kappa shape index (κ3) is 4.93. The predicted molar refractivity (Wildman–Crippen MR) is 74.0 cm³/mol. The number of para-hydroxylation sites is 1. The van der Waals surface area contributed by atoms with Crippen molar-refractivity contribution in [1.82, 2.24) is 4.90 Å². The molecule has 6 nitrogen and oxygen atoms in total. The predicted octanol–water partition coefficient (Wildman–Crippen LogP) is 1.24. The van der Waals surface area contributed by atoms with E-state index in [1.54, 1.807) is 31.3 Å². The molecule has 0 aliphatic heterocycles. The average molecular weight is 276 g/mol. The lowest BCUT2D eigenvalue weighted by Gasteiger charge is -2.17. The molecule has 0 heterocycles. The van der Waals surface area contributed by atoms with Gasteiger partial charge in [-0.05, 0) is 11.6 Å². The van der Waals surface area contributed by atoms with E-state index in [0.717, 1.165) is 17.7 Å². The molecule has 0 bridgehead atoms. The first-order valence-corrected chi connectivity index (χ1v) is 5.91. The number of anilines is 1. The largest absolute Gasteiger partial charge is 0.478 e. The van der Waals surface area contributed by atoms with Gasteiger partial charge in [-0.25, -0.2) is 4.79 Å².